The zero-order valence-corrected chi connectivity index (χ0v) is 11.0. The van der Waals surface area contributed by atoms with E-state index in [0.29, 0.717) is 6.42 Å². The van der Waals surface area contributed by atoms with Crippen molar-refractivity contribution in [1.82, 2.24) is 5.32 Å². The smallest absolute Gasteiger partial charge is 0.252 e. The molecule has 1 aromatic rings. The van der Waals surface area contributed by atoms with Crippen LogP contribution in [0.25, 0.3) is 0 Å². The molecule has 1 aliphatic rings. The number of amides is 2. The summed E-state index contributed by atoms with van der Waals surface area (Å²) in [5.74, 6) is -0.152. The van der Waals surface area contributed by atoms with Gasteiger partial charge in [-0.2, -0.15) is 0 Å². The van der Waals surface area contributed by atoms with Gasteiger partial charge in [-0.05, 0) is 31.9 Å². The fourth-order valence-corrected chi connectivity index (χ4v) is 2.21. The van der Waals surface area contributed by atoms with Crippen molar-refractivity contribution in [2.45, 2.75) is 32.7 Å². The molecule has 96 valence electrons. The van der Waals surface area contributed by atoms with Crippen LogP contribution in [-0.2, 0) is 9.59 Å². The highest BCUT2D eigenvalue weighted by Gasteiger charge is 2.42. The van der Waals surface area contributed by atoms with Gasteiger partial charge in [0.15, 0.2) is 0 Å². The molecule has 4 nitrogen and oxygen atoms in total. The molecule has 1 aromatic carbocycles. The lowest BCUT2D eigenvalue weighted by molar-refractivity contribution is -0.135. The van der Waals surface area contributed by atoms with Crippen molar-refractivity contribution in [2.75, 3.05) is 11.4 Å². The summed E-state index contributed by atoms with van der Waals surface area (Å²) in [6, 6.07) is 7.62. The fourth-order valence-electron chi connectivity index (χ4n) is 2.21. The highest BCUT2D eigenvalue weighted by Crippen LogP contribution is 2.26. The van der Waals surface area contributed by atoms with Gasteiger partial charge in [-0.25, -0.2) is 0 Å². The second-order valence-corrected chi connectivity index (χ2v) is 4.91. The lowest BCUT2D eigenvalue weighted by Crippen LogP contribution is -2.65. The average molecular weight is 246 g/mol. The summed E-state index contributed by atoms with van der Waals surface area (Å²) in [5, 5.41) is 2.78. The van der Waals surface area contributed by atoms with Gasteiger partial charge >= 0.3 is 0 Å². The molecule has 0 aromatic heterocycles. The molecule has 1 aliphatic heterocycles. The predicted molar refractivity (Wildman–Crippen MR) is 70.4 cm³/mol. The minimum Gasteiger partial charge on any atom is -0.340 e. The van der Waals surface area contributed by atoms with E-state index in [9.17, 15) is 9.59 Å². The summed E-state index contributed by atoms with van der Waals surface area (Å²) in [4.78, 5) is 25.8. The topological polar surface area (TPSA) is 49.4 Å². The molecule has 0 bridgehead atoms. The first kappa shape index (κ1) is 12.6. The molecule has 4 heteroatoms. The summed E-state index contributed by atoms with van der Waals surface area (Å²) >= 11 is 0. The van der Waals surface area contributed by atoms with Gasteiger partial charge in [0.25, 0.3) is 5.91 Å². The maximum atomic E-state index is 12.5. The van der Waals surface area contributed by atoms with Gasteiger partial charge in [-0.15, -0.1) is 0 Å². The van der Waals surface area contributed by atoms with Gasteiger partial charge in [-0.3, -0.25) is 9.59 Å². The molecule has 0 saturated carbocycles. The zero-order chi connectivity index (χ0) is 13.3. The Kier molecular flexibility index (Phi) is 3.11. The second-order valence-electron chi connectivity index (χ2n) is 4.91. The monoisotopic (exact) mass is 246 g/mol. The number of nitrogens with zero attached hydrogens (tertiary/aromatic N) is 1. The molecule has 1 saturated heterocycles. The van der Waals surface area contributed by atoms with E-state index in [1.54, 1.807) is 11.8 Å². The first-order valence-corrected chi connectivity index (χ1v) is 6.16. The largest absolute Gasteiger partial charge is 0.340 e. The second kappa shape index (κ2) is 4.44. The first-order valence-electron chi connectivity index (χ1n) is 6.16. The molecule has 0 radical (unpaired) electrons. The normalized spacial score (nSPS) is 24.1. The third-order valence-electron chi connectivity index (χ3n) is 3.55. The summed E-state index contributed by atoms with van der Waals surface area (Å²) in [5.41, 5.74) is 1.02. The number of benzene rings is 1. The summed E-state index contributed by atoms with van der Waals surface area (Å²) in [6.45, 7) is 5.72. The average Bonchev–Trinajstić information content (AvgIpc) is 2.35. The van der Waals surface area contributed by atoms with Gasteiger partial charge in [0, 0.05) is 5.69 Å². The van der Waals surface area contributed by atoms with Gasteiger partial charge < -0.3 is 10.2 Å². The minimum atomic E-state index is -0.794. The summed E-state index contributed by atoms with van der Waals surface area (Å²) in [6.07, 6.45) is 0.583. The third kappa shape index (κ3) is 1.98. The van der Waals surface area contributed by atoms with Crippen molar-refractivity contribution < 1.29 is 9.59 Å². The maximum absolute atomic E-state index is 12.5. The van der Waals surface area contributed by atoms with Crippen LogP contribution in [0, 0.1) is 6.92 Å². The van der Waals surface area contributed by atoms with Gasteiger partial charge in [0.1, 0.15) is 12.1 Å². The molecule has 18 heavy (non-hydrogen) atoms. The molecule has 1 fully saturated rings. The molecule has 0 aliphatic carbocycles. The minimum absolute atomic E-state index is 0.0427. The van der Waals surface area contributed by atoms with Crippen molar-refractivity contribution in [3.05, 3.63) is 29.8 Å². The lowest BCUT2D eigenvalue weighted by Gasteiger charge is -2.39. The van der Waals surface area contributed by atoms with Gasteiger partial charge in [0.05, 0.1) is 0 Å². The van der Waals surface area contributed by atoms with E-state index in [0.717, 1.165) is 11.3 Å². The Morgan fingerprint density at radius 1 is 1.33 bits per heavy atom. The van der Waals surface area contributed by atoms with Gasteiger partial charge in [-0.1, -0.05) is 25.1 Å². The molecular weight excluding hydrogens is 228 g/mol. The third-order valence-corrected chi connectivity index (χ3v) is 3.55. The maximum Gasteiger partial charge on any atom is 0.252 e. The number of carbonyl (C=O) groups excluding carboxylic acids is 2. The van der Waals surface area contributed by atoms with E-state index < -0.39 is 5.54 Å². The Morgan fingerprint density at radius 3 is 2.61 bits per heavy atom. The number of para-hydroxylation sites is 1. The molecule has 0 spiro atoms. The van der Waals surface area contributed by atoms with Gasteiger partial charge in [0.2, 0.25) is 5.91 Å². The van der Waals surface area contributed by atoms with Crippen molar-refractivity contribution in [2.24, 2.45) is 0 Å². The van der Waals surface area contributed by atoms with E-state index in [4.69, 9.17) is 0 Å². The Bertz CT molecular complexity index is 498. The lowest BCUT2D eigenvalue weighted by atomic mass is 9.93. The fraction of sp³-hybridized carbons (Fsp3) is 0.429. The SMILES string of the molecule is CCC1(C)NC(=O)CN(c2ccccc2C)C1=O. The number of hydrogen-bond acceptors (Lipinski definition) is 2. The molecule has 1 N–H and O–H groups in total. The van der Waals surface area contributed by atoms with Crippen LogP contribution >= 0.6 is 0 Å². The number of carbonyl (C=O) groups is 2. The Balaban J connectivity index is 2.42. The number of piperazine rings is 1. The van der Waals surface area contributed by atoms with Crippen LogP contribution in [0.4, 0.5) is 5.69 Å². The van der Waals surface area contributed by atoms with Crippen LogP contribution < -0.4 is 10.2 Å². The highest BCUT2D eigenvalue weighted by molar-refractivity contribution is 6.09. The molecule has 1 unspecified atom stereocenters. The van der Waals surface area contributed by atoms with Crippen LogP contribution in [0.1, 0.15) is 25.8 Å². The summed E-state index contributed by atoms with van der Waals surface area (Å²) < 4.78 is 0. The molecule has 1 heterocycles. The number of anilines is 1. The van der Waals surface area contributed by atoms with Crippen LogP contribution in [-0.4, -0.2) is 23.9 Å². The van der Waals surface area contributed by atoms with Crippen molar-refractivity contribution >= 4 is 17.5 Å². The Morgan fingerprint density at radius 2 is 2.00 bits per heavy atom. The molecule has 2 rings (SSSR count). The van der Waals surface area contributed by atoms with Crippen molar-refractivity contribution in [3.63, 3.8) is 0 Å². The highest BCUT2D eigenvalue weighted by atomic mass is 16.2. The van der Waals surface area contributed by atoms with Crippen LogP contribution in [0.5, 0.6) is 0 Å². The van der Waals surface area contributed by atoms with Crippen LogP contribution in [0.15, 0.2) is 24.3 Å². The van der Waals surface area contributed by atoms with Crippen molar-refractivity contribution in [1.29, 1.82) is 0 Å². The predicted octanol–water partition coefficient (Wildman–Crippen LogP) is 1.63. The molecular formula is C14H18N2O2. The van der Waals surface area contributed by atoms with E-state index in [1.807, 2.05) is 38.1 Å². The Hall–Kier alpha value is -1.84. The number of nitrogens with one attached hydrogen (secondary N) is 1. The molecule has 2 amide bonds. The number of aryl methyl sites for hydroxylation is 1. The van der Waals surface area contributed by atoms with Crippen molar-refractivity contribution in [3.8, 4) is 0 Å². The number of rotatable bonds is 2. The molecule has 1 atom stereocenters. The Labute approximate surface area is 107 Å². The zero-order valence-electron chi connectivity index (χ0n) is 11.0. The van der Waals surface area contributed by atoms with E-state index in [2.05, 4.69) is 5.32 Å². The van der Waals surface area contributed by atoms with Crippen LogP contribution in [0.2, 0.25) is 0 Å². The first-order chi connectivity index (χ1) is 8.48. The standard InChI is InChI=1S/C14H18N2O2/c1-4-14(3)13(18)16(9-12(17)15-14)11-8-6-5-7-10(11)2/h5-8H,4,9H2,1-3H3,(H,15,17). The van der Waals surface area contributed by atoms with Crippen LogP contribution in [0.3, 0.4) is 0 Å². The summed E-state index contributed by atoms with van der Waals surface area (Å²) in [7, 11) is 0. The van der Waals surface area contributed by atoms with E-state index in [1.165, 1.54) is 0 Å². The quantitative estimate of drug-likeness (QED) is 0.862. The van der Waals surface area contributed by atoms with E-state index in [-0.39, 0.29) is 18.4 Å². The van der Waals surface area contributed by atoms with E-state index >= 15 is 0 Å². The number of hydrogen-bond donors (Lipinski definition) is 1.